The van der Waals surface area contributed by atoms with Gasteiger partial charge in [-0.2, -0.15) is 0 Å². The molecule has 1 aromatic heterocycles. The molecule has 0 saturated heterocycles. The molecule has 146 valence electrons. The predicted octanol–water partition coefficient (Wildman–Crippen LogP) is 5.31. The van der Waals surface area contributed by atoms with Crippen LogP contribution in [0, 0.1) is 18.8 Å². The summed E-state index contributed by atoms with van der Waals surface area (Å²) in [4.78, 5) is 17.0. The van der Waals surface area contributed by atoms with Crippen molar-refractivity contribution in [1.82, 2.24) is 4.98 Å². The Bertz CT molecular complexity index is 913. The van der Waals surface area contributed by atoms with E-state index >= 15 is 0 Å². The molecule has 2 N–H and O–H groups in total. The van der Waals surface area contributed by atoms with Gasteiger partial charge in [0.15, 0.2) is 0 Å². The minimum Gasteiger partial charge on any atom is -0.326 e. The maximum Gasteiger partial charge on any atom is 0.229 e. The van der Waals surface area contributed by atoms with Gasteiger partial charge >= 0.3 is 0 Å². The average molecular weight is 395 g/mol. The van der Waals surface area contributed by atoms with E-state index in [9.17, 15) is 4.79 Å². The first-order valence-corrected chi connectivity index (χ1v) is 10.1. The zero-order valence-electron chi connectivity index (χ0n) is 16.7. The molecule has 0 saturated carbocycles. The molecule has 0 amide bonds. The Morgan fingerprint density at radius 2 is 1.86 bits per heavy atom. The molecular weight excluding hydrogens is 368 g/mol. The van der Waals surface area contributed by atoms with Crippen molar-refractivity contribution in [1.29, 1.82) is 0 Å². The topological polar surface area (TPSA) is 56.0 Å². The third-order valence-corrected chi connectivity index (χ3v) is 5.39. The van der Waals surface area contributed by atoms with Crippen molar-refractivity contribution in [2.24, 2.45) is 17.6 Å². The van der Waals surface area contributed by atoms with Crippen LogP contribution in [0.1, 0.15) is 42.3 Å². The largest absolute Gasteiger partial charge is 0.326 e. The average Bonchev–Trinajstić information content (AvgIpc) is 2.67. The highest BCUT2D eigenvalue weighted by molar-refractivity contribution is 6.64. The first-order valence-electron chi connectivity index (χ1n) is 9.74. The van der Waals surface area contributed by atoms with Gasteiger partial charge in [-0.25, -0.2) is 0 Å². The van der Waals surface area contributed by atoms with E-state index in [0.29, 0.717) is 12.5 Å². The van der Waals surface area contributed by atoms with E-state index in [-0.39, 0.29) is 11.2 Å². The van der Waals surface area contributed by atoms with Gasteiger partial charge in [-0.3, -0.25) is 9.78 Å². The Balaban J connectivity index is 2.19. The molecule has 2 aromatic rings. The van der Waals surface area contributed by atoms with Gasteiger partial charge in [-0.15, -0.1) is 0 Å². The van der Waals surface area contributed by atoms with Crippen LogP contribution in [-0.2, 0) is 17.8 Å². The van der Waals surface area contributed by atoms with Gasteiger partial charge in [0.2, 0.25) is 5.24 Å². The maximum absolute atomic E-state index is 12.0. The van der Waals surface area contributed by atoms with Crippen LogP contribution >= 0.6 is 11.6 Å². The monoisotopic (exact) mass is 394 g/mol. The van der Waals surface area contributed by atoms with Crippen LogP contribution in [0.5, 0.6) is 0 Å². The van der Waals surface area contributed by atoms with Gasteiger partial charge in [0.25, 0.3) is 0 Å². The normalized spacial score (nSPS) is 18.6. The van der Waals surface area contributed by atoms with E-state index < -0.39 is 5.92 Å². The van der Waals surface area contributed by atoms with Crippen molar-refractivity contribution in [3.8, 4) is 11.1 Å². The highest BCUT2D eigenvalue weighted by atomic mass is 35.5. The molecular formula is C24H27ClN2O. The Morgan fingerprint density at radius 1 is 1.18 bits per heavy atom. The van der Waals surface area contributed by atoms with E-state index in [1.807, 2.05) is 24.3 Å². The highest BCUT2D eigenvalue weighted by Gasteiger charge is 2.28. The molecule has 0 radical (unpaired) electrons. The summed E-state index contributed by atoms with van der Waals surface area (Å²) in [6, 6.07) is 10.5. The number of aromatic nitrogens is 1. The molecule has 4 heteroatoms. The molecule has 1 heterocycles. The Labute approximate surface area is 172 Å². The van der Waals surface area contributed by atoms with Crippen molar-refractivity contribution in [2.45, 2.75) is 39.7 Å². The number of halogens is 1. The zero-order chi connectivity index (χ0) is 20.3. The summed E-state index contributed by atoms with van der Waals surface area (Å²) in [5, 5.41) is -0.363. The molecule has 1 aromatic carbocycles. The van der Waals surface area contributed by atoms with Gasteiger partial charge in [-0.1, -0.05) is 68.0 Å². The molecule has 0 bridgehead atoms. The lowest BCUT2D eigenvalue weighted by Gasteiger charge is -2.24. The van der Waals surface area contributed by atoms with Crippen molar-refractivity contribution in [3.63, 3.8) is 0 Å². The minimum absolute atomic E-state index is 0.170. The number of hydrogen-bond acceptors (Lipinski definition) is 3. The standard InChI is InChI=1S/C24H27ClN2O/c1-15(2)12-22-21(14-26)20(17-10-8-16(3)9-11-17)13-23(27-22)18-6-4-5-7-19(18)24(25)28/h4-11,13,15,18-19H,12,14,26H2,1-3H3. The third kappa shape index (κ3) is 4.43. The van der Waals surface area contributed by atoms with Gasteiger partial charge < -0.3 is 5.73 Å². The van der Waals surface area contributed by atoms with E-state index in [0.717, 1.165) is 34.5 Å². The predicted molar refractivity (Wildman–Crippen MR) is 116 cm³/mol. The SMILES string of the molecule is Cc1ccc(-c2cc(C3C=CC=CC3C(=O)Cl)nc(CC(C)C)c2CN)cc1. The number of rotatable bonds is 6. The molecule has 3 rings (SSSR count). The first-order chi connectivity index (χ1) is 13.4. The lowest BCUT2D eigenvalue weighted by Crippen LogP contribution is -2.20. The molecule has 0 aliphatic heterocycles. The van der Waals surface area contributed by atoms with Crippen LogP contribution in [0.15, 0.2) is 54.6 Å². The Morgan fingerprint density at radius 3 is 2.46 bits per heavy atom. The maximum atomic E-state index is 12.0. The third-order valence-electron chi connectivity index (χ3n) is 5.14. The van der Waals surface area contributed by atoms with E-state index in [1.165, 1.54) is 5.56 Å². The fourth-order valence-electron chi connectivity index (χ4n) is 3.70. The summed E-state index contributed by atoms with van der Waals surface area (Å²) in [5.41, 5.74) is 12.5. The summed E-state index contributed by atoms with van der Waals surface area (Å²) in [6.45, 7) is 6.85. The first kappa shape index (κ1) is 20.5. The molecule has 0 fully saturated rings. The van der Waals surface area contributed by atoms with Crippen LogP contribution < -0.4 is 5.73 Å². The summed E-state index contributed by atoms with van der Waals surface area (Å²) in [5.74, 6) is -0.122. The lowest BCUT2D eigenvalue weighted by molar-refractivity contribution is -0.114. The van der Waals surface area contributed by atoms with E-state index in [1.54, 1.807) is 0 Å². The van der Waals surface area contributed by atoms with Crippen LogP contribution in [0.25, 0.3) is 11.1 Å². The molecule has 1 aliphatic carbocycles. The number of pyridine rings is 1. The van der Waals surface area contributed by atoms with Crippen molar-refractivity contribution in [2.75, 3.05) is 0 Å². The lowest BCUT2D eigenvalue weighted by atomic mass is 9.84. The number of carbonyl (C=O) groups excluding carboxylic acids is 1. The van der Waals surface area contributed by atoms with Crippen molar-refractivity contribution >= 4 is 16.8 Å². The quantitative estimate of drug-likeness (QED) is 0.676. The molecule has 0 spiro atoms. The molecule has 28 heavy (non-hydrogen) atoms. The number of aryl methyl sites for hydroxylation is 1. The number of benzene rings is 1. The molecule has 3 nitrogen and oxygen atoms in total. The van der Waals surface area contributed by atoms with Gasteiger partial charge in [0, 0.05) is 23.9 Å². The van der Waals surface area contributed by atoms with Crippen LogP contribution in [0.3, 0.4) is 0 Å². The van der Waals surface area contributed by atoms with E-state index in [4.69, 9.17) is 22.3 Å². The Kier molecular flexibility index (Phi) is 6.48. The van der Waals surface area contributed by atoms with E-state index in [2.05, 4.69) is 51.1 Å². The van der Waals surface area contributed by atoms with Gasteiger partial charge in [0.1, 0.15) is 0 Å². The van der Waals surface area contributed by atoms with Crippen molar-refractivity contribution < 1.29 is 4.79 Å². The summed E-state index contributed by atoms with van der Waals surface area (Å²) in [7, 11) is 0. The summed E-state index contributed by atoms with van der Waals surface area (Å²) < 4.78 is 0. The minimum atomic E-state index is -0.402. The highest BCUT2D eigenvalue weighted by Crippen LogP contribution is 2.35. The smallest absolute Gasteiger partial charge is 0.229 e. The second-order valence-electron chi connectivity index (χ2n) is 7.81. The number of nitrogens with two attached hydrogens (primary N) is 1. The summed E-state index contributed by atoms with van der Waals surface area (Å²) >= 11 is 5.89. The van der Waals surface area contributed by atoms with Crippen molar-refractivity contribution in [3.05, 3.63) is 77.2 Å². The zero-order valence-corrected chi connectivity index (χ0v) is 17.4. The fraction of sp³-hybridized carbons (Fsp3) is 0.333. The van der Waals surface area contributed by atoms with Crippen LogP contribution in [0.2, 0.25) is 0 Å². The van der Waals surface area contributed by atoms with Gasteiger partial charge in [-0.05, 0) is 53.6 Å². The number of hydrogen-bond donors (Lipinski definition) is 1. The number of nitrogens with zero attached hydrogens (tertiary/aromatic N) is 1. The molecule has 2 unspecified atom stereocenters. The fourth-order valence-corrected chi connectivity index (χ4v) is 3.91. The second kappa shape index (κ2) is 8.85. The summed E-state index contributed by atoms with van der Waals surface area (Å²) in [6.07, 6.45) is 8.52. The van der Waals surface area contributed by atoms with Crippen LogP contribution in [0.4, 0.5) is 0 Å². The molecule has 2 atom stereocenters. The Hall–Kier alpha value is -2.23. The van der Waals surface area contributed by atoms with Gasteiger partial charge in [0.05, 0.1) is 5.92 Å². The number of allylic oxidation sites excluding steroid dienone is 4. The number of carbonyl (C=O) groups is 1. The second-order valence-corrected chi connectivity index (χ2v) is 8.19. The molecule has 1 aliphatic rings. The van der Waals surface area contributed by atoms with Crippen LogP contribution in [-0.4, -0.2) is 10.2 Å².